The summed E-state index contributed by atoms with van der Waals surface area (Å²) in [6, 6.07) is 5.07. The second kappa shape index (κ2) is 5.04. The van der Waals surface area contributed by atoms with E-state index in [0.717, 1.165) is 5.69 Å². The number of hydrogen-bond donors (Lipinski definition) is 2. The quantitative estimate of drug-likeness (QED) is 0.786. The first-order valence-corrected chi connectivity index (χ1v) is 4.44. The topological polar surface area (TPSA) is 38.0 Å². The van der Waals surface area contributed by atoms with Crippen LogP contribution >= 0.6 is 11.6 Å². The van der Waals surface area contributed by atoms with Crippen LogP contribution in [0.4, 0.5) is 10.1 Å². The van der Waals surface area contributed by atoms with E-state index in [0.29, 0.717) is 23.7 Å². The standard InChI is InChI=1S/C9H12ClFN2/c10-8-5-7(6-11)1-2-9(8)13-4-3-12/h1-2,5,13H,3-4,6,12H2. The van der Waals surface area contributed by atoms with E-state index in [4.69, 9.17) is 17.3 Å². The molecular weight excluding hydrogens is 191 g/mol. The van der Waals surface area contributed by atoms with Gasteiger partial charge in [0.2, 0.25) is 0 Å². The third kappa shape index (κ3) is 2.86. The van der Waals surface area contributed by atoms with Gasteiger partial charge in [-0.1, -0.05) is 17.7 Å². The number of hydrogen-bond acceptors (Lipinski definition) is 2. The van der Waals surface area contributed by atoms with Crippen molar-refractivity contribution in [3.63, 3.8) is 0 Å². The Morgan fingerprint density at radius 2 is 2.23 bits per heavy atom. The highest BCUT2D eigenvalue weighted by atomic mass is 35.5. The summed E-state index contributed by atoms with van der Waals surface area (Å²) in [6.07, 6.45) is 0. The molecule has 0 amide bonds. The summed E-state index contributed by atoms with van der Waals surface area (Å²) in [6.45, 7) is 0.715. The molecule has 0 radical (unpaired) electrons. The number of benzene rings is 1. The average Bonchev–Trinajstić information content (AvgIpc) is 2.16. The Morgan fingerprint density at radius 1 is 1.46 bits per heavy atom. The van der Waals surface area contributed by atoms with Gasteiger partial charge in [0.25, 0.3) is 0 Å². The van der Waals surface area contributed by atoms with Gasteiger partial charge in [-0.3, -0.25) is 0 Å². The van der Waals surface area contributed by atoms with Crippen molar-refractivity contribution in [1.82, 2.24) is 0 Å². The monoisotopic (exact) mass is 202 g/mol. The summed E-state index contributed by atoms with van der Waals surface area (Å²) in [5.74, 6) is 0. The summed E-state index contributed by atoms with van der Waals surface area (Å²) in [4.78, 5) is 0. The second-order valence-electron chi connectivity index (χ2n) is 2.66. The molecule has 0 atom stereocenters. The smallest absolute Gasteiger partial charge is 0.115 e. The van der Waals surface area contributed by atoms with Crippen LogP contribution in [0.1, 0.15) is 5.56 Å². The van der Waals surface area contributed by atoms with Gasteiger partial charge in [-0.25, -0.2) is 4.39 Å². The molecule has 0 saturated carbocycles. The van der Waals surface area contributed by atoms with Crippen LogP contribution in [0.2, 0.25) is 5.02 Å². The fraction of sp³-hybridized carbons (Fsp3) is 0.333. The zero-order chi connectivity index (χ0) is 9.68. The first-order chi connectivity index (χ1) is 6.27. The van der Waals surface area contributed by atoms with E-state index in [1.54, 1.807) is 18.2 Å². The summed E-state index contributed by atoms with van der Waals surface area (Å²) in [5, 5.41) is 3.57. The molecule has 0 aliphatic carbocycles. The fourth-order valence-electron chi connectivity index (χ4n) is 0.992. The van der Waals surface area contributed by atoms with Crippen molar-refractivity contribution in [1.29, 1.82) is 0 Å². The van der Waals surface area contributed by atoms with Crippen molar-refractivity contribution in [2.24, 2.45) is 5.73 Å². The normalized spacial score (nSPS) is 10.1. The van der Waals surface area contributed by atoms with Crippen LogP contribution in [0.3, 0.4) is 0 Å². The van der Waals surface area contributed by atoms with Gasteiger partial charge in [0.05, 0.1) is 10.7 Å². The highest BCUT2D eigenvalue weighted by molar-refractivity contribution is 6.33. The second-order valence-corrected chi connectivity index (χ2v) is 3.07. The molecule has 1 aromatic carbocycles. The number of anilines is 1. The predicted octanol–water partition coefficient (Wildman–Crippen LogP) is 2.18. The molecule has 0 aliphatic rings. The van der Waals surface area contributed by atoms with E-state index in [9.17, 15) is 4.39 Å². The maximum absolute atomic E-state index is 12.2. The van der Waals surface area contributed by atoms with E-state index in [2.05, 4.69) is 5.32 Å². The Morgan fingerprint density at radius 3 is 2.77 bits per heavy atom. The summed E-state index contributed by atoms with van der Waals surface area (Å²) >= 11 is 5.87. The SMILES string of the molecule is NCCNc1ccc(CF)cc1Cl. The maximum atomic E-state index is 12.2. The molecule has 0 aromatic heterocycles. The Bertz CT molecular complexity index is 278. The number of alkyl halides is 1. The van der Waals surface area contributed by atoms with Crippen LogP contribution in [0.5, 0.6) is 0 Å². The molecule has 0 heterocycles. The molecule has 1 rings (SSSR count). The molecule has 72 valence electrons. The predicted molar refractivity (Wildman–Crippen MR) is 53.8 cm³/mol. The van der Waals surface area contributed by atoms with Crippen LogP contribution in [-0.4, -0.2) is 13.1 Å². The van der Waals surface area contributed by atoms with Gasteiger partial charge in [0.15, 0.2) is 0 Å². The first kappa shape index (κ1) is 10.3. The molecule has 0 unspecified atom stereocenters. The van der Waals surface area contributed by atoms with Crippen molar-refractivity contribution in [3.05, 3.63) is 28.8 Å². The minimum Gasteiger partial charge on any atom is -0.383 e. The molecule has 4 heteroatoms. The number of rotatable bonds is 4. The van der Waals surface area contributed by atoms with Crippen molar-refractivity contribution >= 4 is 17.3 Å². The van der Waals surface area contributed by atoms with E-state index < -0.39 is 6.67 Å². The molecule has 0 fully saturated rings. The first-order valence-electron chi connectivity index (χ1n) is 4.06. The minimum atomic E-state index is -0.489. The van der Waals surface area contributed by atoms with Gasteiger partial charge in [-0.2, -0.15) is 0 Å². The molecule has 0 bridgehead atoms. The van der Waals surface area contributed by atoms with Crippen molar-refractivity contribution < 1.29 is 4.39 Å². The lowest BCUT2D eigenvalue weighted by atomic mass is 10.2. The van der Waals surface area contributed by atoms with Crippen molar-refractivity contribution in [2.45, 2.75) is 6.67 Å². The molecule has 13 heavy (non-hydrogen) atoms. The molecule has 1 aromatic rings. The highest BCUT2D eigenvalue weighted by Gasteiger charge is 2.00. The van der Waals surface area contributed by atoms with Gasteiger partial charge in [-0.05, 0) is 17.7 Å². The van der Waals surface area contributed by atoms with Crippen molar-refractivity contribution in [3.8, 4) is 0 Å². The lowest BCUT2D eigenvalue weighted by Gasteiger charge is -2.07. The van der Waals surface area contributed by atoms with Gasteiger partial charge in [-0.15, -0.1) is 0 Å². The largest absolute Gasteiger partial charge is 0.383 e. The van der Waals surface area contributed by atoms with Crippen LogP contribution in [0, 0.1) is 0 Å². The van der Waals surface area contributed by atoms with Gasteiger partial charge < -0.3 is 11.1 Å². The summed E-state index contributed by atoms with van der Waals surface area (Å²) in [5.41, 5.74) is 6.70. The van der Waals surface area contributed by atoms with E-state index in [1.165, 1.54) is 0 Å². The number of nitrogens with one attached hydrogen (secondary N) is 1. The van der Waals surface area contributed by atoms with Crippen LogP contribution in [-0.2, 0) is 6.67 Å². The van der Waals surface area contributed by atoms with E-state index in [1.807, 2.05) is 0 Å². The average molecular weight is 203 g/mol. The summed E-state index contributed by atoms with van der Waals surface area (Å²) in [7, 11) is 0. The molecule has 2 nitrogen and oxygen atoms in total. The molecule has 0 saturated heterocycles. The number of halogens is 2. The lowest BCUT2D eigenvalue weighted by molar-refractivity contribution is 0.485. The third-order valence-electron chi connectivity index (χ3n) is 1.65. The van der Waals surface area contributed by atoms with Crippen molar-refractivity contribution in [2.75, 3.05) is 18.4 Å². The Hall–Kier alpha value is -0.800. The lowest BCUT2D eigenvalue weighted by Crippen LogP contribution is -2.13. The van der Waals surface area contributed by atoms with E-state index in [-0.39, 0.29) is 0 Å². The van der Waals surface area contributed by atoms with Gasteiger partial charge in [0.1, 0.15) is 6.67 Å². The van der Waals surface area contributed by atoms with Gasteiger partial charge >= 0.3 is 0 Å². The Kier molecular flexibility index (Phi) is 3.99. The fourth-order valence-corrected chi connectivity index (χ4v) is 1.26. The molecule has 0 aliphatic heterocycles. The molecular formula is C9H12ClFN2. The summed E-state index contributed by atoms with van der Waals surface area (Å²) < 4.78 is 12.2. The molecule has 0 spiro atoms. The Labute approximate surface area is 81.9 Å². The van der Waals surface area contributed by atoms with Crippen LogP contribution in [0.25, 0.3) is 0 Å². The maximum Gasteiger partial charge on any atom is 0.115 e. The number of nitrogens with two attached hydrogens (primary N) is 1. The zero-order valence-corrected chi connectivity index (χ0v) is 7.94. The zero-order valence-electron chi connectivity index (χ0n) is 7.19. The van der Waals surface area contributed by atoms with E-state index >= 15 is 0 Å². The minimum absolute atomic E-state index is 0.489. The highest BCUT2D eigenvalue weighted by Crippen LogP contribution is 2.22. The van der Waals surface area contributed by atoms with Gasteiger partial charge in [0, 0.05) is 13.1 Å². The van der Waals surface area contributed by atoms with Crippen LogP contribution < -0.4 is 11.1 Å². The van der Waals surface area contributed by atoms with Crippen LogP contribution in [0.15, 0.2) is 18.2 Å². The third-order valence-corrected chi connectivity index (χ3v) is 1.96. The molecule has 3 N–H and O–H groups in total. The Balaban J connectivity index is 2.73.